The van der Waals surface area contributed by atoms with Crippen molar-refractivity contribution >= 4 is 5.97 Å². The first-order valence-electron chi connectivity index (χ1n) is 9.59. The van der Waals surface area contributed by atoms with E-state index in [4.69, 9.17) is 18.9 Å². The Morgan fingerprint density at radius 3 is 2.85 bits per heavy atom. The SMILES string of the molecule is COC1=C[C@@H]2OC(=O)C[C@@]23[C@H]2Cc4ccc(OC)c5c4[C@@]3(CCN2C)[C@H]1O5. The van der Waals surface area contributed by atoms with Gasteiger partial charge in [-0.1, -0.05) is 6.07 Å². The predicted octanol–water partition coefficient (Wildman–Crippen LogP) is 1.80. The predicted molar refractivity (Wildman–Crippen MR) is 95.8 cm³/mol. The van der Waals surface area contributed by atoms with Crippen LogP contribution in [0, 0.1) is 5.41 Å². The van der Waals surface area contributed by atoms with Crippen LogP contribution in [0.4, 0.5) is 0 Å². The highest BCUT2D eigenvalue weighted by Gasteiger charge is 2.77. The smallest absolute Gasteiger partial charge is 0.307 e. The van der Waals surface area contributed by atoms with Gasteiger partial charge < -0.3 is 23.8 Å². The fourth-order valence-corrected chi connectivity index (χ4v) is 6.84. The molecule has 6 rings (SSSR count). The second-order valence-corrected chi connectivity index (χ2v) is 8.45. The van der Waals surface area contributed by atoms with Crippen LogP contribution < -0.4 is 9.47 Å². The Labute approximate surface area is 158 Å². The highest BCUT2D eigenvalue weighted by Crippen LogP contribution is 2.71. The van der Waals surface area contributed by atoms with Crippen molar-refractivity contribution in [3.63, 3.8) is 0 Å². The molecule has 1 aromatic carbocycles. The number of hydrogen-bond acceptors (Lipinski definition) is 6. The molecular formula is C21H23NO5. The molecule has 0 aromatic heterocycles. The molecular weight excluding hydrogens is 346 g/mol. The van der Waals surface area contributed by atoms with E-state index in [1.807, 2.05) is 12.1 Å². The summed E-state index contributed by atoms with van der Waals surface area (Å²) < 4.78 is 23.8. The quantitative estimate of drug-likeness (QED) is 0.741. The van der Waals surface area contributed by atoms with Crippen molar-refractivity contribution < 1.29 is 23.7 Å². The van der Waals surface area contributed by atoms with Crippen LogP contribution in [-0.4, -0.2) is 56.9 Å². The molecule has 3 heterocycles. The minimum absolute atomic E-state index is 0.119. The van der Waals surface area contributed by atoms with Gasteiger partial charge in [0.2, 0.25) is 0 Å². The third-order valence-electron chi connectivity index (χ3n) is 7.80. The third-order valence-corrected chi connectivity index (χ3v) is 7.80. The monoisotopic (exact) mass is 369 g/mol. The fraction of sp³-hybridized carbons (Fsp3) is 0.571. The highest BCUT2D eigenvalue weighted by atomic mass is 16.6. The van der Waals surface area contributed by atoms with E-state index in [0.717, 1.165) is 36.6 Å². The van der Waals surface area contributed by atoms with E-state index >= 15 is 0 Å². The van der Waals surface area contributed by atoms with Gasteiger partial charge in [-0.15, -0.1) is 0 Å². The number of esters is 1. The van der Waals surface area contributed by atoms with Crippen molar-refractivity contribution in [2.45, 2.75) is 42.9 Å². The number of methoxy groups -OCH3 is 2. The zero-order valence-corrected chi connectivity index (χ0v) is 15.8. The Morgan fingerprint density at radius 1 is 1.22 bits per heavy atom. The standard InChI is InChI=1S/C21H23NO5/c1-22-7-6-20-17-11-4-5-12(24-2)18(17)27-19(20)13(25-3)9-15-21(20,14(22)8-11)10-16(23)26-15/h4-5,9,14-15,19H,6-8,10H2,1-3H3/t14-,15+,19+,20+,21-/m1/s1. The van der Waals surface area contributed by atoms with Gasteiger partial charge in [0, 0.05) is 11.6 Å². The normalized spacial score (nSPS) is 40.5. The molecule has 0 radical (unpaired) electrons. The summed E-state index contributed by atoms with van der Waals surface area (Å²) in [6.07, 6.45) is 3.70. The first-order valence-corrected chi connectivity index (χ1v) is 9.59. The lowest BCUT2D eigenvalue weighted by molar-refractivity contribution is -0.143. The molecule has 6 heteroatoms. The lowest BCUT2D eigenvalue weighted by Gasteiger charge is -2.63. The van der Waals surface area contributed by atoms with E-state index in [0.29, 0.717) is 6.42 Å². The number of carbonyl (C=O) groups is 1. The number of hydrogen-bond donors (Lipinski definition) is 0. The molecule has 2 spiro atoms. The molecule has 0 amide bonds. The summed E-state index contributed by atoms with van der Waals surface area (Å²) in [5.74, 6) is 2.22. The second kappa shape index (κ2) is 4.79. The van der Waals surface area contributed by atoms with E-state index < -0.39 is 0 Å². The molecule has 3 aliphatic heterocycles. The van der Waals surface area contributed by atoms with Crippen LogP contribution in [0.5, 0.6) is 11.5 Å². The number of carbonyl (C=O) groups excluding carboxylic acids is 1. The number of rotatable bonds is 2. The largest absolute Gasteiger partial charge is 0.497 e. The molecule has 0 unspecified atom stereocenters. The Morgan fingerprint density at radius 2 is 2.07 bits per heavy atom. The van der Waals surface area contributed by atoms with E-state index in [2.05, 4.69) is 18.0 Å². The average Bonchev–Trinajstić information content (AvgIpc) is 3.17. The van der Waals surface area contributed by atoms with E-state index in [-0.39, 0.29) is 35.0 Å². The third kappa shape index (κ3) is 1.50. The minimum atomic E-state index is -0.325. The maximum absolute atomic E-state index is 12.6. The molecule has 2 saturated heterocycles. The van der Waals surface area contributed by atoms with E-state index in [1.54, 1.807) is 14.2 Å². The van der Waals surface area contributed by atoms with Crippen molar-refractivity contribution in [1.82, 2.24) is 4.90 Å². The van der Waals surface area contributed by atoms with Gasteiger partial charge in [0.1, 0.15) is 11.9 Å². The van der Waals surface area contributed by atoms with Crippen molar-refractivity contribution in [3.8, 4) is 11.5 Å². The number of ether oxygens (including phenoxy) is 4. The molecule has 27 heavy (non-hydrogen) atoms. The van der Waals surface area contributed by atoms with E-state index in [1.165, 1.54) is 11.1 Å². The molecule has 0 saturated carbocycles. The zero-order valence-electron chi connectivity index (χ0n) is 15.8. The maximum atomic E-state index is 12.6. The van der Waals surface area contributed by atoms with Gasteiger partial charge >= 0.3 is 5.97 Å². The minimum Gasteiger partial charge on any atom is -0.497 e. The molecule has 2 fully saturated rings. The first-order chi connectivity index (χ1) is 13.1. The van der Waals surface area contributed by atoms with Crippen LogP contribution in [0.15, 0.2) is 24.0 Å². The summed E-state index contributed by atoms with van der Waals surface area (Å²) in [4.78, 5) is 15.0. The molecule has 6 nitrogen and oxygen atoms in total. The Balaban J connectivity index is 1.73. The zero-order chi connectivity index (χ0) is 18.6. The summed E-state index contributed by atoms with van der Waals surface area (Å²) in [6.45, 7) is 0.959. The van der Waals surface area contributed by atoms with Crippen LogP contribution in [0.25, 0.3) is 0 Å². The Kier molecular flexibility index (Phi) is 2.80. The number of nitrogens with zero attached hydrogens (tertiary/aromatic N) is 1. The van der Waals surface area contributed by atoms with Crippen LogP contribution in [0.1, 0.15) is 24.0 Å². The van der Waals surface area contributed by atoms with Gasteiger partial charge in [0.05, 0.1) is 31.5 Å². The summed E-state index contributed by atoms with van der Waals surface area (Å²) >= 11 is 0. The van der Waals surface area contributed by atoms with Gasteiger partial charge in [-0.05, 0) is 44.1 Å². The van der Waals surface area contributed by atoms with Gasteiger partial charge in [-0.2, -0.15) is 0 Å². The number of piperidine rings is 1. The second-order valence-electron chi connectivity index (χ2n) is 8.45. The summed E-state index contributed by atoms with van der Waals surface area (Å²) in [5.41, 5.74) is 1.88. The molecule has 5 atom stereocenters. The maximum Gasteiger partial charge on any atom is 0.307 e. The molecule has 142 valence electrons. The van der Waals surface area contributed by atoms with Gasteiger partial charge in [0.25, 0.3) is 0 Å². The Hall–Kier alpha value is -2.21. The van der Waals surface area contributed by atoms with Crippen molar-refractivity contribution in [3.05, 3.63) is 35.1 Å². The van der Waals surface area contributed by atoms with E-state index in [9.17, 15) is 4.79 Å². The first kappa shape index (κ1) is 15.8. The van der Waals surface area contributed by atoms with Crippen molar-refractivity contribution in [2.75, 3.05) is 27.8 Å². The van der Waals surface area contributed by atoms with Crippen molar-refractivity contribution in [1.29, 1.82) is 0 Å². The van der Waals surface area contributed by atoms with Crippen LogP contribution in [-0.2, 0) is 26.1 Å². The Bertz CT molecular complexity index is 910. The number of benzene rings is 1. The van der Waals surface area contributed by atoms with Gasteiger partial charge in [-0.25, -0.2) is 0 Å². The number of likely N-dealkylation sites (tertiary alicyclic amines) is 1. The lowest BCUT2D eigenvalue weighted by atomic mass is 9.43. The lowest BCUT2D eigenvalue weighted by Crippen LogP contribution is -2.73. The molecule has 1 aromatic rings. The van der Waals surface area contributed by atoms with Crippen LogP contribution >= 0.6 is 0 Å². The summed E-state index contributed by atoms with van der Waals surface area (Å²) in [7, 11) is 5.52. The fourth-order valence-electron chi connectivity index (χ4n) is 6.84. The molecule has 2 aliphatic carbocycles. The van der Waals surface area contributed by atoms with Gasteiger partial charge in [0.15, 0.2) is 17.6 Å². The van der Waals surface area contributed by atoms with Gasteiger partial charge in [-0.3, -0.25) is 4.79 Å². The van der Waals surface area contributed by atoms with Crippen LogP contribution in [0.2, 0.25) is 0 Å². The average molecular weight is 369 g/mol. The molecule has 2 bridgehead atoms. The molecule has 5 aliphatic rings. The van der Waals surface area contributed by atoms with Crippen molar-refractivity contribution in [2.24, 2.45) is 5.41 Å². The number of likely N-dealkylation sites (N-methyl/N-ethyl adjacent to an activating group) is 1. The molecule has 0 N–H and O–H groups in total. The topological polar surface area (TPSA) is 57.2 Å². The summed E-state index contributed by atoms with van der Waals surface area (Å²) in [5, 5.41) is 0. The summed E-state index contributed by atoms with van der Waals surface area (Å²) in [6, 6.07) is 4.40. The highest BCUT2D eigenvalue weighted by molar-refractivity contribution is 5.77. The van der Waals surface area contributed by atoms with Crippen LogP contribution in [0.3, 0.4) is 0 Å².